The van der Waals surface area contributed by atoms with E-state index >= 15 is 0 Å². The third kappa shape index (κ3) is 13.9. The number of ether oxygens (including phenoxy) is 3. The summed E-state index contributed by atoms with van der Waals surface area (Å²) in [4.78, 5) is 11.4. The molecular weight excluding hydrogens is 272 g/mol. The highest BCUT2D eigenvalue weighted by molar-refractivity contribution is 5.67. The minimum absolute atomic E-state index is 0.312. The summed E-state index contributed by atoms with van der Waals surface area (Å²) in [5.74, 6) is 0. The van der Waals surface area contributed by atoms with Crippen molar-refractivity contribution in [2.24, 2.45) is 5.73 Å². The maximum absolute atomic E-state index is 11.4. The predicted octanol–water partition coefficient (Wildman–Crippen LogP) is 2.06. The maximum atomic E-state index is 11.4. The predicted molar refractivity (Wildman–Crippen MR) is 83.4 cm³/mol. The van der Waals surface area contributed by atoms with Gasteiger partial charge in [0.05, 0.1) is 12.2 Å². The molecule has 6 heteroatoms. The molecule has 0 radical (unpaired) electrons. The van der Waals surface area contributed by atoms with Crippen molar-refractivity contribution in [1.82, 2.24) is 5.32 Å². The lowest BCUT2D eigenvalue weighted by molar-refractivity contribution is -0.0753. The van der Waals surface area contributed by atoms with Crippen LogP contribution in [-0.4, -0.2) is 50.2 Å². The van der Waals surface area contributed by atoms with Crippen molar-refractivity contribution in [1.29, 1.82) is 0 Å². The zero-order chi connectivity index (χ0) is 16.4. The molecule has 0 aromatic heterocycles. The lowest BCUT2D eigenvalue weighted by Gasteiger charge is -2.25. The van der Waals surface area contributed by atoms with Gasteiger partial charge in [0.1, 0.15) is 5.60 Å². The van der Waals surface area contributed by atoms with Gasteiger partial charge in [0, 0.05) is 19.8 Å². The summed E-state index contributed by atoms with van der Waals surface area (Å²) >= 11 is 0. The first-order valence-electron chi connectivity index (χ1n) is 7.55. The largest absolute Gasteiger partial charge is 0.444 e. The zero-order valence-corrected chi connectivity index (χ0v) is 14.2. The number of hydrogen-bond donors (Lipinski definition) is 2. The normalized spacial score (nSPS) is 12.3. The van der Waals surface area contributed by atoms with Crippen molar-refractivity contribution in [3.05, 3.63) is 0 Å². The Labute approximate surface area is 128 Å². The van der Waals surface area contributed by atoms with Crippen LogP contribution in [0.5, 0.6) is 0 Å². The van der Waals surface area contributed by atoms with Crippen LogP contribution in [0.25, 0.3) is 0 Å². The first kappa shape index (κ1) is 20.1. The van der Waals surface area contributed by atoms with Crippen LogP contribution in [0.3, 0.4) is 0 Å². The molecule has 126 valence electrons. The molecule has 0 rings (SSSR count). The Kier molecular flexibility index (Phi) is 9.57. The molecule has 0 aliphatic carbocycles. The molecule has 0 aromatic carbocycles. The molecular formula is C15H32N2O4. The van der Waals surface area contributed by atoms with Gasteiger partial charge in [-0.05, 0) is 54.0 Å². The average molecular weight is 304 g/mol. The van der Waals surface area contributed by atoms with Crippen LogP contribution in [0.15, 0.2) is 0 Å². The molecule has 0 spiro atoms. The molecule has 0 aliphatic heterocycles. The molecule has 0 atom stereocenters. The van der Waals surface area contributed by atoms with Crippen LogP contribution in [0.2, 0.25) is 0 Å². The van der Waals surface area contributed by atoms with Crippen molar-refractivity contribution in [3.8, 4) is 0 Å². The smallest absolute Gasteiger partial charge is 0.407 e. The van der Waals surface area contributed by atoms with E-state index in [-0.39, 0.29) is 5.60 Å². The van der Waals surface area contributed by atoms with Crippen LogP contribution in [0, 0.1) is 0 Å². The van der Waals surface area contributed by atoms with Crippen molar-refractivity contribution in [2.75, 3.05) is 32.9 Å². The molecule has 0 fully saturated rings. The average Bonchev–Trinajstić information content (AvgIpc) is 2.31. The van der Waals surface area contributed by atoms with Gasteiger partial charge in [-0.15, -0.1) is 0 Å². The van der Waals surface area contributed by atoms with Gasteiger partial charge < -0.3 is 25.3 Å². The summed E-state index contributed by atoms with van der Waals surface area (Å²) in [6.07, 6.45) is 1.19. The Morgan fingerprint density at radius 2 is 1.76 bits per heavy atom. The number of hydrogen-bond acceptors (Lipinski definition) is 5. The highest BCUT2D eigenvalue weighted by Crippen LogP contribution is 2.10. The number of rotatable bonds is 10. The van der Waals surface area contributed by atoms with E-state index in [9.17, 15) is 4.79 Å². The molecule has 6 nitrogen and oxygen atoms in total. The van der Waals surface area contributed by atoms with E-state index in [0.29, 0.717) is 32.9 Å². The van der Waals surface area contributed by atoms with Crippen LogP contribution >= 0.6 is 0 Å². The minimum Gasteiger partial charge on any atom is -0.444 e. The number of carbonyl (C=O) groups is 1. The van der Waals surface area contributed by atoms with Gasteiger partial charge in [0.2, 0.25) is 0 Å². The molecule has 0 saturated carbocycles. The van der Waals surface area contributed by atoms with Crippen LogP contribution < -0.4 is 11.1 Å². The Bertz CT molecular complexity index is 288. The quantitative estimate of drug-likeness (QED) is 0.604. The van der Waals surface area contributed by atoms with Crippen LogP contribution in [-0.2, 0) is 14.2 Å². The summed E-state index contributed by atoms with van der Waals surface area (Å²) in [7, 11) is 0. The topological polar surface area (TPSA) is 82.8 Å². The summed E-state index contributed by atoms with van der Waals surface area (Å²) in [6.45, 7) is 12.4. The molecule has 1 amide bonds. The van der Waals surface area contributed by atoms with E-state index in [0.717, 1.165) is 12.8 Å². The van der Waals surface area contributed by atoms with Crippen molar-refractivity contribution < 1.29 is 19.0 Å². The zero-order valence-electron chi connectivity index (χ0n) is 14.2. The van der Waals surface area contributed by atoms with E-state index in [1.807, 2.05) is 34.6 Å². The fraction of sp³-hybridized carbons (Fsp3) is 0.933. The molecule has 0 unspecified atom stereocenters. The Morgan fingerprint density at radius 1 is 1.10 bits per heavy atom. The van der Waals surface area contributed by atoms with Crippen LogP contribution in [0.4, 0.5) is 4.79 Å². The summed E-state index contributed by atoms with van der Waals surface area (Å²) in [5, 5.41) is 2.69. The van der Waals surface area contributed by atoms with Crippen molar-refractivity contribution >= 4 is 6.09 Å². The van der Waals surface area contributed by atoms with Gasteiger partial charge >= 0.3 is 6.09 Å². The third-order valence-electron chi connectivity index (χ3n) is 2.42. The van der Waals surface area contributed by atoms with Gasteiger partial charge in [-0.2, -0.15) is 0 Å². The second-order valence-corrected chi connectivity index (χ2v) is 6.59. The van der Waals surface area contributed by atoms with Crippen molar-refractivity contribution in [2.45, 2.75) is 58.7 Å². The highest BCUT2D eigenvalue weighted by Gasteiger charge is 2.18. The first-order valence-corrected chi connectivity index (χ1v) is 7.55. The van der Waals surface area contributed by atoms with Crippen LogP contribution in [0.1, 0.15) is 47.5 Å². The molecule has 3 N–H and O–H groups in total. The van der Waals surface area contributed by atoms with E-state index in [1.165, 1.54) is 0 Å². The molecule has 0 saturated heterocycles. The van der Waals surface area contributed by atoms with Gasteiger partial charge in [-0.25, -0.2) is 4.79 Å². The van der Waals surface area contributed by atoms with E-state index in [2.05, 4.69) is 5.32 Å². The molecule has 0 heterocycles. The summed E-state index contributed by atoms with van der Waals surface area (Å²) in [5.41, 5.74) is 4.64. The number of carbonyl (C=O) groups excluding carboxylic acids is 1. The minimum atomic E-state index is -0.467. The van der Waals surface area contributed by atoms with E-state index < -0.39 is 11.7 Å². The molecule has 0 aromatic rings. The number of nitrogens with one attached hydrogen (secondary N) is 1. The van der Waals surface area contributed by atoms with E-state index in [4.69, 9.17) is 19.9 Å². The fourth-order valence-corrected chi connectivity index (χ4v) is 1.47. The fourth-order valence-electron chi connectivity index (χ4n) is 1.47. The first-order chi connectivity index (χ1) is 9.66. The monoisotopic (exact) mass is 304 g/mol. The highest BCUT2D eigenvalue weighted by atomic mass is 16.6. The lowest BCUT2D eigenvalue weighted by atomic mass is 10.1. The van der Waals surface area contributed by atoms with Gasteiger partial charge in [0.25, 0.3) is 0 Å². The van der Waals surface area contributed by atoms with Gasteiger partial charge in [0.15, 0.2) is 0 Å². The maximum Gasteiger partial charge on any atom is 0.407 e. The number of amides is 1. The molecule has 0 bridgehead atoms. The summed E-state index contributed by atoms with van der Waals surface area (Å²) in [6, 6.07) is 0. The standard InChI is InChI=1S/C15H32N2O4/c1-14(2,3)21-13(18)17-9-7-10-19-12-15(4,5)20-11-6-8-16/h6-12,16H2,1-5H3,(H,17,18). The second-order valence-electron chi connectivity index (χ2n) is 6.59. The van der Waals surface area contributed by atoms with Gasteiger partial charge in [-0.3, -0.25) is 0 Å². The third-order valence-corrected chi connectivity index (χ3v) is 2.42. The van der Waals surface area contributed by atoms with Crippen molar-refractivity contribution in [3.63, 3.8) is 0 Å². The molecule has 0 aliphatic rings. The number of nitrogens with two attached hydrogens (primary N) is 1. The Hall–Kier alpha value is -0.850. The molecule has 21 heavy (non-hydrogen) atoms. The van der Waals surface area contributed by atoms with Gasteiger partial charge in [-0.1, -0.05) is 0 Å². The lowest BCUT2D eigenvalue weighted by Crippen LogP contribution is -2.34. The number of alkyl carbamates (subject to hydrolysis) is 1. The Morgan fingerprint density at radius 3 is 2.33 bits per heavy atom. The SMILES string of the molecule is CC(C)(C)OC(=O)NCCCOCC(C)(C)OCCCN. The second kappa shape index (κ2) is 9.97. The summed E-state index contributed by atoms with van der Waals surface area (Å²) < 4.78 is 16.4. The Balaban J connectivity index is 3.57. The van der Waals surface area contributed by atoms with E-state index in [1.54, 1.807) is 0 Å².